The van der Waals surface area contributed by atoms with Crippen LogP contribution in [0.2, 0.25) is 0 Å². The summed E-state index contributed by atoms with van der Waals surface area (Å²) in [4.78, 5) is 24.8. The van der Waals surface area contributed by atoms with Crippen molar-refractivity contribution in [1.29, 1.82) is 0 Å². The average Bonchev–Trinajstić information content (AvgIpc) is 2.70. The molecule has 2 aromatic carbocycles. The lowest BCUT2D eigenvalue weighted by molar-refractivity contribution is -0.123. The third kappa shape index (κ3) is 8.15. The molecule has 0 spiro atoms. The number of aliphatic hydroxyl groups is 1. The van der Waals surface area contributed by atoms with E-state index >= 15 is 0 Å². The van der Waals surface area contributed by atoms with Crippen molar-refractivity contribution in [2.75, 3.05) is 12.3 Å². The molecule has 0 aliphatic rings. The molecule has 0 bridgehead atoms. The smallest absolute Gasteiger partial charge is 0.408 e. The topological polar surface area (TPSA) is 87.7 Å². The van der Waals surface area contributed by atoms with E-state index in [0.717, 1.165) is 10.5 Å². The Hall–Kier alpha value is -2.51. The van der Waals surface area contributed by atoms with Crippen molar-refractivity contribution in [3.8, 4) is 0 Å². The fourth-order valence-electron chi connectivity index (χ4n) is 2.15. The molecule has 0 saturated heterocycles. The van der Waals surface area contributed by atoms with Gasteiger partial charge in [0.25, 0.3) is 0 Å². The highest BCUT2D eigenvalue weighted by atomic mass is 32.2. The summed E-state index contributed by atoms with van der Waals surface area (Å²) in [7, 11) is 0. The number of ether oxygens (including phenoxy) is 1. The summed E-state index contributed by atoms with van der Waals surface area (Å²) in [5.41, 5.74) is 0.865. The molecule has 2 amide bonds. The zero-order chi connectivity index (χ0) is 19.5. The molecule has 1 unspecified atom stereocenters. The first-order chi connectivity index (χ1) is 13.0. The molecule has 27 heavy (non-hydrogen) atoms. The first-order valence-electron chi connectivity index (χ1n) is 8.65. The molecular formula is C20H24N2O4S. The largest absolute Gasteiger partial charge is 0.445 e. The van der Waals surface area contributed by atoms with E-state index in [0.29, 0.717) is 5.75 Å². The van der Waals surface area contributed by atoms with Gasteiger partial charge in [-0.25, -0.2) is 4.79 Å². The van der Waals surface area contributed by atoms with Crippen LogP contribution in [-0.2, 0) is 16.1 Å². The minimum absolute atomic E-state index is 0.115. The number of benzene rings is 2. The highest BCUT2D eigenvalue weighted by molar-refractivity contribution is 7.99. The van der Waals surface area contributed by atoms with Crippen LogP contribution in [0.1, 0.15) is 12.5 Å². The Labute approximate surface area is 163 Å². The van der Waals surface area contributed by atoms with Crippen LogP contribution in [-0.4, -0.2) is 41.6 Å². The van der Waals surface area contributed by atoms with Gasteiger partial charge in [0.1, 0.15) is 12.6 Å². The first-order valence-corrected chi connectivity index (χ1v) is 9.64. The summed E-state index contributed by atoms with van der Waals surface area (Å²) < 4.78 is 5.08. The van der Waals surface area contributed by atoms with Crippen LogP contribution in [0, 0.1) is 0 Å². The van der Waals surface area contributed by atoms with Crippen LogP contribution < -0.4 is 10.6 Å². The van der Waals surface area contributed by atoms with Gasteiger partial charge in [-0.2, -0.15) is 0 Å². The molecular weight excluding hydrogens is 364 g/mol. The highest BCUT2D eigenvalue weighted by Crippen LogP contribution is 2.17. The van der Waals surface area contributed by atoms with Gasteiger partial charge in [0.2, 0.25) is 5.91 Å². The Bertz CT molecular complexity index is 712. The maximum atomic E-state index is 12.0. The van der Waals surface area contributed by atoms with E-state index in [1.165, 1.54) is 11.8 Å². The molecule has 3 N–H and O–H groups in total. The van der Waals surface area contributed by atoms with Crippen LogP contribution in [0.25, 0.3) is 0 Å². The van der Waals surface area contributed by atoms with Crippen molar-refractivity contribution in [2.24, 2.45) is 0 Å². The SMILES string of the molecule is C[C@H](NC(=O)OCc1ccccc1)C(=O)NCC(O)CSc1ccccc1. The lowest BCUT2D eigenvalue weighted by Gasteiger charge is -2.16. The molecule has 6 nitrogen and oxygen atoms in total. The number of amides is 2. The fourth-order valence-corrected chi connectivity index (χ4v) is 3.00. The van der Waals surface area contributed by atoms with Crippen molar-refractivity contribution in [3.63, 3.8) is 0 Å². The van der Waals surface area contributed by atoms with Gasteiger partial charge in [-0.1, -0.05) is 48.5 Å². The minimum Gasteiger partial charge on any atom is -0.445 e. The van der Waals surface area contributed by atoms with E-state index in [2.05, 4.69) is 10.6 Å². The van der Waals surface area contributed by atoms with Crippen LogP contribution >= 0.6 is 11.8 Å². The number of hydrogen-bond donors (Lipinski definition) is 3. The maximum Gasteiger partial charge on any atom is 0.408 e. The predicted molar refractivity (Wildman–Crippen MR) is 105 cm³/mol. The zero-order valence-corrected chi connectivity index (χ0v) is 15.9. The van der Waals surface area contributed by atoms with Gasteiger partial charge >= 0.3 is 6.09 Å². The number of hydrogen-bond acceptors (Lipinski definition) is 5. The van der Waals surface area contributed by atoms with E-state index in [-0.39, 0.29) is 19.1 Å². The third-order valence-electron chi connectivity index (χ3n) is 3.64. The Morgan fingerprint density at radius 3 is 2.37 bits per heavy atom. The molecule has 0 saturated carbocycles. The van der Waals surface area contributed by atoms with E-state index < -0.39 is 18.2 Å². The number of rotatable bonds is 9. The number of aliphatic hydroxyl groups excluding tert-OH is 1. The molecule has 2 atom stereocenters. The lowest BCUT2D eigenvalue weighted by atomic mass is 10.2. The molecule has 2 rings (SSSR count). The minimum atomic E-state index is -0.762. The van der Waals surface area contributed by atoms with E-state index in [1.54, 1.807) is 6.92 Å². The quantitative estimate of drug-likeness (QED) is 0.575. The van der Waals surface area contributed by atoms with Gasteiger partial charge in [0, 0.05) is 17.2 Å². The summed E-state index contributed by atoms with van der Waals surface area (Å²) in [6, 6.07) is 18.2. The number of thioether (sulfide) groups is 1. The monoisotopic (exact) mass is 388 g/mol. The van der Waals surface area contributed by atoms with E-state index in [9.17, 15) is 14.7 Å². The normalized spacial score (nSPS) is 12.7. The highest BCUT2D eigenvalue weighted by Gasteiger charge is 2.17. The van der Waals surface area contributed by atoms with E-state index in [1.807, 2.05) is 60.7 Å². The third-order valence-corrected chi connectivity index (χ3v) is 4.79. The van der Waals surface area contributed by atoms with Gasteiger partial charge in [-0.3, -0.25) is 4.79 Å². The molecule has 0 heterocycles. The van der Waals surface area contributed by atoms with Gasteiger partial charge in [-0.05, 0) is 24.6 Å². The number of carbonyl (C=O) groups is 2. The predicted octanol–water partition coefficient (Wildman–Crippen LogP) is 2.57. The maximum absolute atomic E-state index is 12.0. The van der Waals surface area contributed by atoms with Crippen molar-refractivity contribution < 1.29 is 19.4 Å². The molecule has 7 heteroatoms. The Kier molecular flexibility index (Phi) is 8.67. The molecule has 144 valence electrons. The molecule has 0 aliphatic heterocycles. The first kappa shape index (κ1) is 20.8. The number of alkyl carbamates (subject to hydrolysis) is 1. The van der Waals surface area contributed by atoms with Gasteiger partial charge in [0.05, 0.1) is 6.10 Å². The number of nitrogens with one attached hydrogen (secondary N) is 2. The summed E-state index contributed by atoms with van der Waals surface area (Å²) >= 11 is 1.51. The van der Waals surface area contributed by atoms with Crippen molar-refractivity contribution in [2.45, 2.75) is 30.6 Å². The van der Waals surface area contributed by atoms with Crippen molar-refractivity contribution in [3.05, 3.63) is 66.2 Å². The molecule has 2 aromatic rings. The average molecular weight is 388 g/mol. The zero-order valence-electron chi connectivity index (χ0n) is 15.1. The lowest BCUT2D eigenvalue weighted by Crippen LogP contribution is -2.47. The van der Waals surface area contributed by atoms with Crippen molar-refractivity contribution >= 4 is 23.8 Å². The van der Waals surface area contributed by atoms with Crippen LogP contribution in [0.15, 0.2) is 65.6 Å². The van der Waals surface area contributed by atoms with Crippen LogP contribution in [0.4, 0.5) is 4.79 Å². The Morgan fingerprint density at radius 2 is 1.70 bits per heavy atom. The van der Waals surface area contributed by atoms with Gasteiger partial charge in [0.15, 0.2) is 0 Å². The molecule has 0 fully saturated rings. The van der Waals surface area contributed by atoms with Gasteiger partial charge in [-0.15, -0.1) is 11.8 Å². The summed E-state index contributed by atoms with van der Waals surface area (Å²) in [6.07, 6.45) is -1.35. The second kappa shape index (κ2) is 11.3. The Balaban J connectivity index is 1.63. The summed E-state index contributed by atoms with van der Waals surface area (Å²) in [6.45, 7) is 1.81. The van der Waals surface area contributed by atoms with Crippen molar-refractivity contribution in [1.82, 2.24) is 10.6 Å². The fraction of sp³-hybridized carbons (Fsp3) is 0.300. The molecule has 0 radical (unpaired) electrons. The summed E-state index contributed by atoms with van der Waals surface area (Å²) in [5, 5.41) is 15.1. The molecule has 0 aliphatic carbocycles. The molecule has 0 aromatic heterocycles. The Morgan fingerprint density at radius 1 is 1.07 bits per heavy atom. The van der Waals surface area contributed by atoms with E-state index in [4.69, 9.17) is 4.74 Å². The summed E-state index contributed by atoms with van der Waals surface area (Å²) in [5.74, 6) is 0.0843. The number of carbonyl (C=O) groups excluding carboxylic acids is 2. The second-order valence-corrected chi connectivity index (χ2v) is 7.04. The van der Waals surface area contributed by atoms with Crippen LogP contribution in [0.3, 0.4) is 0 Å². The standard InChI is InChI=1S/C20H24N2O4S/c1-15(22-20(25)26-13-16-8-4-2-5-9-16)19(24)21-12-17(23)14-27-18-10-6-3-7-11-18/h2-11,15,17,23H,12-14H2,1H3,(H,21,24)(H,22,25)/t15-,17?/m0/s1. The van der Waals surface area contributed by atoms with Crippen LogP contribution in [0.5, 0.6) is 0 Å². The van der Waals surface area contributed by atoms with Gasteiger partial charge < -0.3 is 20.5 Å². The second-order valence-electron chi connectivity index (χ2n) is 5.95.